The lowest BCUT2D eigenvalue weighted by Gasteiger charge is -2.12. The van der Waals surface area contributed by atoms with Crippen LogP contribution < -0.4 is 11.1 Å². The number of aliphatic hydroxyl groups excluding tert-OH is 1. The number of nitrogens with two attached hydrogens (primary N) is 1. The molecule has 0 aliphatic rings. The minimum absolute atomic E-state index is 0.0400. The molecule has 1 atom stereocenters. The van der Waals surface area contributed by atoms with Gasteiger partial charge in [0.15, 0.2) is 0 Å². The van der Waals surface area contributed by atoms with Gasteiger partial charge in [-0.2, -0.15) is 0 Å². The molecule has 0 unspecified atom stereocenters. The molecule has 1 aromatic heterocycles. The van der Waals surface area contributed by atoms with Gasteiger partial charge in [-0.05, 0) is 64.9 Å². The van der Waals surface area contributed by atoms with Crippen LogP contribution in [-0.4, -0.2) is 33.2 Å². The van der Waals surface area contributed by atoms with E-state index in [0.29, 0.717) is 18.9 Å². The predicted octanol–water partition coefficient (Wildman–Crippen LogP) is 2.40. The molecule has 1 heterocycles. The Balaban J connectivity index is 2.04. The molecule has 0 aliphatic heterocycles. The molecule has 1 amide bonds. The third-order valence-electron chi connectivity index (χ3n) is 4.39. The van der Waals surface area contributed by atoms with Crippen molar-refractivity contribution in [3.8, 4) is 11.1 Å². The van der Waals surface area contributed by atoms with Crippen molar-refractivity contribution in [3.05, 3.63) is 51.6 Å². The average Bonchev–Trinajstić information content (AvgIpc) is 2.96. The summed E-state index contributed by atoms with van der Waals surface area (Å²) in [5, 5.41) is 12.5. The van der Waals surface area contributed by atoms with Crippen LogP contribution in [0.25, 0.3) is 22.2 Å². The second kappa shape index (κ2) is 8.32. The maximum atomic E-state index is 13.2. The van der Waals surface area contributed by atoms with Crippen molar-refractivity contribution in [2.45, 2.75) is 26.1 Å². The second-order valence-corrected chi connectivity index (χ2v) is 7.40. The Labute approximate surface area is 169 Å². The lowest BCUT2D eigenvalue weighted by molar-refractivity contribution is -0.119. The summed E-state index contributed by atoms with van der Waals surface area (Å²) < 4.78 is 16.2. The van der Waals surface area contributed by atoms with Crippen molar-refractivity contribution in [2.24, 2.45) is 5.73 Å². The fourth-order valence-corrected chi connectivity index (χ4v) is 3.64. The number of carbonyl (C=O) groups is 1. The number of aromatic nitrogens is 2. The van der Waals surface area contributed by atoms with Crippen LogP contribution in [0.15, 0.2) is 36.4 Å². The van der Waals surface area contributed by atoms with Gasteiger partial charge in [0.2, 0.25) is 5.91 Å². The molecule has 4 N–H and O–H groups in total. The van der Waals surface area contributed by atoms with E-state index in [1.807, 2.05) is 16.7 Å². The molecule has 0 spiro atoms. The van der Waals surface area contributed by atoms with Crippen LogP contribution in [0.3, 0.4) is 0 Å². The third-order valence-corrected chi connectivity index (χ3v) is 5.28. The summed E-state index contributed by atoms with van der Waals surface area (Å²) in [7, 11) is 0. The zero-order chi connectivity index (χ0) is 19.6. The number of nitrogens with zero attached hydrogens (tertiary/aromatic N) is 2. The van der Waals surface area contributed by atoms with Gasteiger partial charge in [0.25, 0.3) is 0 Å². The minimum Gasteiger partial charge on any atom is -0.395 e. The SMILES string of the molecule is C[C@H](NCc1nc2cc(I)c(-c3ccc(F)cc3)cc2n1CCO)C(N)=O. The van der Waals surface area contributed by atoms with Crippen molar-refractivity contribution in [2.75, 3.05) is 6.61 Å². The van der Waals surface area contributed by atoms with E-state index in [2.05, 4.69) is 32.9 Å². The van der Waals surface area contributed by atoms with Gasteiger partial charge in [-0.15, -0.1) is 0 Å². The molecule has 0 aliphatic carbocycles. The lowest BCUT2D eigenvalue weighted by atomic mass is 10.1. The topological polar surface area (TPSA) is 93.2 Å². The van der Waals surface area contributed by atoms with Gasteiger partial charge in [0, 0.05) is 10.1 Å². The normalized spacial score (nSPS) is 12.4. The smallest absolute Gasteiger partial charge is 0.234 e. The zero-order valence-electron chi connectivity index (χ0n) is 14.7. The molecular weight excluding hydrogens is 462 g/mol. The van der Waals surface area contributed by atoms with Gasteiger partial charge in [-0.25, -0.2) is 9.37 Å². The number of hydrogen-bond acceptors (Lipinski definition) is 4. The third kappa shape index (κ3) is 4.28. The largest absolute Gasteiger partial charge is 0.395 e. The van der Waals surface area contributed by atoms with Crippen LogP contribution in [0.5, 0.6) is 0 Å². The number of carbonyl (C=O) groups excluding carboxylic acids is 1. The molecule has 8 heteroatoms. The Hall–Kier alpha value is -2.04. The Morgan fingerprint density at radius 1 is 1.37 bits per heavy atom. The van der Waals surface area contributed by atoms with E-state index in [4.69, 9.17) is 5.73 Å². The number of amides is 1. The van der Waals surface area contributed by atoms with Gasteiger partial charge in [0.05, 0.1) is 30.2 Å². The summed E-state index contributed by atoms with van der Waals surface area (Å²) >= 11 is 2.23. The molecule has 3 rings (SSSR count). The predicted molar refractivity (Wildman–Crippen MR) is 110 cm³/mol. The van der Waals surface area contributed by atoms with Gasteiger partial charge in [-0.3, -0.25) is 10.1 Å². The molecule has 0 saturated carbocycles. The minimum atomic E-state index is -0.484. The molecular formula is C19H20FIN4O2. The number of benzene rings is 2. The van der Waals surface area contributed by atoms with Crippen molar-refractivity contribution >= 4 is 39.5 Å². The molecule has 0 bridgehead atoms. The van der Waals surface area contributed by atoms with Gasteiger partial charge >= 0.3 is 0 Å². The van der Waals surface area contributed by atoms with E-state index in [9.17, 15) is 14.3 Å². The number of primary amides is 1. The standard InChI is InChI=1S/C19H20FIN4O2/c1-11(19(22)27)23-10-18-24-16-9-15(21)14(8-17(16)25(18)6-7-26)12-2-4-13(20)5-3-12/h2-5,8-9,11,23,26H,6-7,10H2,1H3,(H2,22,27)/t11-/m0/s1. The zero-order valence-corrected chi connectivity index (χ0v) is 16.9. The average molecular weight is 482 g/mol. The summed E-state index contributed by atoms with van der Waals surface area (Å²) in [5.74, 6) is -0.00994. The van der Waals surface area contributed by atoms with Crippen LogP contribution in [0.2, 0.25) is 0 Å². The molecule has 2 aromatic carbocycles. The maximum absolute atomic E-state index is 13.2. The molecule has 27 heavy (non-hydrogen) atoms. The van der Waals surface area contributed by atoms with Gasteiger partial charge in [-0.1, -0.05) is 12.1 Å². The van der Waals surface area contributed by atoms with E-state index < -0.39 is 11.9 Å². The van der Waals surface area contributed by atoms with Crippen LogP contribution in [-0.2, 0) is 17.9 Å². The maximum Gasteiger partial charge on any atom is 0.234 e. The first kappa shape index (κ1) is 19.7. The van der Waals surface area contributed by atoms with E-state index >= 15 is 0 Å². The Morgan fingerprint density at radius 3 is 2.70 bits per heavy atom. The van der Waals surface area contributed by atoms with E-state index in [1.54, 1.807) is 19.1 Å². The fourth-order valence-electron chi connectivity index (χ4n) is 2.88. The first-order valence-electron chi connectivity index (χ1n) is 8.49. The van der Waals surface area contributed by atoms with Crippen molar-refractivity contribution < 1.29 is 14.3 Å². The number of imidazole rings is 1. The highest BCUT2D eigenvalue weighted by atomic mass is 127. The molecule has 0 radical (unpaired) electrons. The number of nitrogens with one attached hydrogen (secondary N) is 1. The quantitative estimate of drug-likeness (QED) is 0.451. The van der Waals surface area contributed by atoms with Gasteiger partial charge in [0.1, 0.15) is 11.6 Å². The van der Waals surface area contributed by atoms with E-state index in [0.717, 1.165) is 25.7 Å². The summed E-state index contributed by atoms with van der Waals surface area (Å²) in [6.07, 6.45) is 0. The van der Waals surface area contributed by atoms with Crippen LogP contribution >= 0.6 is 22.6 Å². The molecule has 0 fully saturated rings. The van der Waals surface area contributed by atoms with Crippen molar-refractivity contribution in [1.29, 1.82) is 0 Å². The molecule has 0 saturated heterocycles. The summed E-state index contributed by atoms with van der Waals surface area (Å²) in [5.41, 5.74) is 8.82. The Kier molecular flexibility index (Phi) is 6.08. The van der Waals surface area contributed by atoms with Crippen LogP contribution in [0.4, 0.5) is 4.39 Å². The number of rotatable bonds is 7. The molecule has 6 nitrogen and oxygen atoms in total. The lowest BCUT2D eigenvalue weighted by Crippen LogP contribution is -2.38. The highest BCUT2D eigenvalue weighted by molar-refractivity contribution is 14.1. The number of aliphatic hydroxyl groups is 1. The molecule has 3 aromatic rings. The summed E-state index contributed by atoms with van der Waals surface area (Å²) in [6.45, 7) is 2.38. The summed E-state index contributed by atoms with van der Waals surface area (Å²) in [6, 6.07) is 9.81. The van der Waals surface area contributed by atoms with E-state index in [1.165, 1.54) is 12.1 Å². The molecule has 142 valence electrons. The van der Waals surface area contributed by atoms with Crippen molar-refractivity contribution in [1.82, 2.24) is 14.9 Å². The fraction of sp³-hybridized carbons (Fsp3) is 0.263. The highest BCUT2D eigenvalue weighted by Crippen LogP contribution is 2.30. The van der Waals surface area contributed by atoms with Crippen molar-refractivity contribution in [3.63, 3.8) is 0 Å². The Bertz CT molecular complexity index is 972. The van der Waals surface area contributed by atoms with Crippen LogP contribution in [0, 0.1) is 9.39 Å². The first-order valence-corrected chi connectivity index (χ1v) is 9.56. The van der Waals surface area contributed by atoms with Crippen LogP contribution in [0.1, 0.15) is 12.7 Å². The first-order chi connectivity index (χ1) is 12.9. The number of hydrogen-bond donors (Lipinski definition) is 3. The number of halogens is 2. The van der Waals surface area contributed by atoms with Gasteiger partial charge < -0.3 is 15.4 Å². The monoisotopic (exact) mass is 482 g/mol. The van der Waals surface area contributed by atoms with E-state index in [-0.39, 0.29) is 12.4 Å². The summed E-state index contributed by atoms with van der Waals surface area (Å²) in [4.78, 5) is 15.9. The number of fused-ring (bicyclic) bond motifs is 1. The Morgan fingerprint density at radius 2 is 2.07 bits per heavy atom. The second-order valence-electron chi connectivity index (χ2n) is 6.24. The highest BCUT2D eigenvalue weighted by Gasteiger charge is 2.16.